The number of rotatable bonds is 8. The van der Waals surface area contributed by atoms with Crippen LogP contribution in [0.4, 0.5) is 4.39 Å². The minimum absolute atomic E-state index is 0.0667. The first-order valence-electron chi connectivity index (χ1n) is 9.76. The lowest BCUT2D eigenvalue weighted by molar-refractivity contribution is -0.0267. The number of halogens is 1. The molecule has 0 N–H and O–H groups in total. The minimum Gasteiger partial charge on any atom is -0.415 e. The highest BCUT2D eigenvalue weighted by Crippen LogP contribution is 2.35. The molecule has 31 heavy (non-hydrogen) atoms. The highest BCUT2D eigenvalue weighted by molar-refractivity contribution is 8.04. The molecule has 0 aromatic heterocycles. The second-order valence-corrected chi connectivity index (χ2v) is 16.6. The molecule has 1 saturated heterocycles. The average Bonchev–Trinajstić information content (AvgIpc) is 3.07. The van der Waals surface area contributed by atoms with E-state index in [1.165, 1.54) is 48.5 Å². The molecule has 0 spiro atoms. The Hall–Kier alpha value is -1.63. The van der Waals surface area contributed by atoms with Gasteiger partial charge in [-0.1, -0.05) is 40.1 Å². The molecule has 1 heterocycles. The van der Waals surface area contributed by atoms with Crippen molar-refractivity contribution in [3.63, 3.8) is 0 Å². The summed E-state index contributed by atoms with van der Waals surface area (Å²) in [5, 5.41) is 0. The van der Waals surface area contributed by atoms with Crippen LogP contribution in [-0.4, -0.2) is 54.0 Å². The molecule has 0 saturated carbocycles. The van der Waals surface area contributed by atoms with Gasteiger partial charge in [-0.25, -0.2) is 21.2 Å². The quantitative estimate of drug-likeness (QED) is 0.531. The Bertz CT molecular complexity index is 1020. The summed E-state index contributed by atoms with van der Waals surface area (Å²) in [5.41, 5.74) is 0. The summed E-state index contributed by atoms with van der Waals surface area (Å²) in [5.74, 6) is 0. The molecule has 0 aliphatic carbocycles. The number of hydrogen-bond acceptors (Lipinski definition) is 6. The zero-order valence-corrected chi connectivity index (χ0v) is 20.1. The summed E-state index contributed by atoms with van der Waals surface area (Å²) in [4.78, 5) is -0.542. The van der Waals surface area contributed by atoms with Crippen LogP contribution >= 0.6 is 0 Å². The maximum atomic E-state index is 15.1. The predicted molar refractivity (Wildman–Crippen MR) is 117 cm³/mol. The summed E-state index contributed by atoms with van der Waals surface area (Å²) < 4.78 is 80.2. The van der Waals surface area contributed by atoms with E-state index in [1.807, 2.05) is 19.6 Å². The molecular weight excluding hydrogens is 461 g/mol. The number of hydrogen-bond donors (Lipinski definition) is 0. The predicted octanol–water partition coefficient (Wildman–Crippen LogP) is 3.37. The van der Waals surface area contributed by atoms with E-state index >= 15 is 4.39 Å². The van der Waals surface area contributed by atoms with Gasteiger partial charge < -0.3 is 9.16 Å². The monoisotopic (exact) mass is 487 g/mol. The Morgan fingerprint density at radius 3 is 1.81 bits per heavy atom. The summed E-state index contributed by atoms with van der Waals surface area (Å²) >= 11 is 0. The molecule has 0 radical (unpaired) electrons. The smallest absolute Gasteiger partial charge is 0.258 e. The minimum atomic E-state index is -4.64. The van der Waals surface area contributed by atoms with Gasteiger partial charge in [-0.3, -0.25) is 0 Å². The van der Waals surface area contributed by atoms with Crippen LogP contribution in [0, 0.1) is 0 Å². The lowest BCUT2D eigenvalue weighted by Crippen LogP contribution is -2.48. The van der Waals surface area contributed by atoms with Gasteiger partial charge >= 0.3 is 0 Å². The van der Waals surface area contributed by atoms with E-state index in [0.29, 0.717) is 0 Å². The van der Waals surface area contributed by atoms with E-state index in [4.69, 9.17) is 9.16 Å². The van der Waals surface area contributed by atoms with Gasteiger partial charge in [0.25, 0.3) is 20.0 Å². The fourth-order valence-electron chi connectivity index (χ4n) is 3.13. The molecule has 1 aliphatic rings. The Morgan fingerprint density at radius 2 is 1.39 bits per heavy atom. The van der Waals surface area contributed by atoms with Gasteiger partial charge in [0, 0.05) is 6.42 Å². The SMILES string of the molecule is C[Si](C)(C)OC[C@@H]1C[C@H](F)[C@@H](N(S(=O)(=O)c2ccccc2)S(=O)(=O)c2ccccc2)O1. The average molecular weight is 488 g/mol. The normalized spacial score (nSPS) is 22.7. The zero-order valence-electron chi connectivity index (χ0n) is 17.5. The molecule has 2 aromatic rings. The zero-order chi connectivity index (χ0) is 22.9. The Balaban J connectivity index is 2.03. The van der Waals surface area contributed by atoms with Crippen molar-refractivity contribution in [2.75, 3.05) is 6.61 Å². The molecule has 0 amide bonds. The van der Waals surface area contributed by atoms with E-state index in [-0.39, 0.29) is 26.5 Å². The van der Waals surface area contributed by atoms with Gasteiger partial charge in [0.15, 0.2) is 14.5 Å². The lowest BCUT2D eigenvalue weighted by atomic mass is 10.2. The van der Waals surface area contributed by atoms with Crippen LogP contribution in [0.3, 0.4) is 0 Å². The van der Waals surface area contributed by atoms with Crippen LogP contribution in [0.5, 0.6) is 0 Å². The third-order valence-corrected chi connectivity index (χ3v) is 9.90. The maximum Gasteiger partial charge on any atom is 0.258 e. The standard InChI is InChI=1S/C20H26FNO6S2Si/c1-31(2,3)27-15-16-14-19(21)20(28-16)22(29(23,24)17-10-6-4-7-11-17)30(25,26)18-12-8-5-9-13-18/h4-13,16,19-20H,14-15H2,1-3H3/t16-,19-,20-/m0/s1. The molecular formula is C20H26FNO6S2Si. The third-order valence-electron chi connectivity index (χ3n) is 4.60. The second kappa shape index (κ2) is 9.08. The molecule has 3 atom stereocenters. The van der Waals surface area contributed by atoms with Crippen LogP contribution in [0.25, 0.3) is 0 Å². The lowest BCUT2D eigenvalue weighted by Gasteiger charge is -2.28. The number of benzene rings is 2. The second-order valence-electron chi connectivity index (χ2n) is 8.19. The van der Waals surface area contributed by atoms with Crippen molar-refractivity contribution in [1.29, 1.82) is 0 Å². The Labute approximate surface area is 184 Å². The third kappa shape index (κ3) is 5.41. The van der Waals surface area contributed by atoms with Crippen molar-refractivity contribution >= 4 is 28.4 Å². The van der Waals surface area contributed by atoms with Crippen molar-refractivity contribution in [1.82, 2.24) is 3.71 Å². The van der Waals surface area contributed by atoms with Crippen LogP contribution in [0.1, 0.15) is 6.42 Å². The van der Waals surface area contributed by atoms with Crippen molar-refractivity contribution in [3.8, 4) is 0 Å². The van der Waals surface area contributed by atoms with Crippen LogP contribution in [0.15, 0.2) is 70.5 Å². The first-order chi connectivity index (χ1) is 14.4. The first-order valence-corrected chi connectivity index (χ1v) is 16.0. The highest BCUT2D eigenvalue weighted by atomic mass is 32.3. The number of alkyl halides is 1. The van der Waals surface area contributed by atoms with E-state index in [9.17, 15) is 16.8 Å². The van der Waals surface area contributed by atoms with Crippen molar-refractivity contribution in [3.05, 3.63) is 60.7 Å². The van der Waals surface area contributed by atoms with Gasteiger partial charge in [0.05, 0.1) is 22.5 Å². The van der Waals surface area contributed by atoms with Crippen molar-refractivity contribution in [2.24, 2.45) is 0 Å². The Kier molecular flexibility index (Phi) is 7.04. The summed E-state index contributed by atoms with van der Waals surface area (Å²) in [6, 6.07) is 14.1. The fourth-order valence-corrected chi connectivity index (χ4v) is 7.70. The number of ether oxygens (including phenoxy) is 1. The summed E-state index contributed by atoms with van der Waals surface area (Å²) in [6.07, 6.45) is -4.59. The van der Waals surface area contributed by atoms with Crippen LogP contribution < -0.4 is 0 Å². The Morgan fingerprint density at radius 1 is 0.935 bits per heavy atom. The molecule has 3 rings (SSSR count). The number of sulfonamides is 2. The summed E-state index contributed by atoms with van der Waals surface area (Å²) in [7, 11) is -11.2. The van der Waals surface area contributed by atoms with Gasteiger partial charge in [0.1, 0.15) is 6.17 Å². The van der Waals surface area contributed by atoms with Gasteiger partial charge in [-0.15, -0.1) is 0 Å². The van der Waals surface area contributed by atoms with E-state index in [0.717, 1.165) is 0 Å². The van der Waals surface area contributed by atoms with Gasteiger partial charge in [0.2, 0.25) is 0 Å². The van der Waals surface area contributed by atoms with Gasteiger partial charge in [-0.2, -0.15) is 0 Å². The maximum absolute atomic E-state index is 15.1. The molecule has 0 bridgehead atoms. The highest BCUT2D eigenvalue weighted by Gasteiger charge is 2.51. The molecule has 7 nitrogen and oxygen atoms in total. The molecule has 170 valence electrons. The summed E-state index contributed by atoms with van der Waals surface area (Å²) in [6.45, 7) is 5.94. The largest absolute Gasteiger partial charge is 0.415 e. The van der Waals surface area contributed by atoms with Gasteiger partial charge in [-0.05, 0) is 43.9 Å². The van der Waals surface area contributed by atoms with Crippen LogP contribution in [-0.2, 0) is 29.2 Å². The van der Waals surface area contributed by atoms with E-state index in [2.05, 4.69) is 0 Å². The molecule has 11 heteroatoms. The van der Waals surface area contributed by atoms with Crippen LogP contribution in [0.2, 0.25) is 19.6 Å². The van der Waals surface area contributed by atoms with E-state index < -0.39 is 46.9 Å². The van der Waals surface area contributed by atoms with E-state index in [1.54, 1.807) is 12.1 Å². The molecule has 2 aromatic carbocycles. The topological polar surface area (TPSA) is 90.0 Å². The molecule has 1 aliphatic heterocycles. The molecule has 1 fully saturated rings. The fraction of sp³-hybridized carbons (Fsp3) is 0.400. The molecule has 0 unspecified atom stereocenters. The van der Waals surface area contributed by atoms with Crippen molar-refractivity contribution < 1.29 is 30.4 Å². The number of nitrogens with zero attached hydrogens (tertiary/aromatic N) is 1. The van der Waals surface area contributed by atoms with Crippen molar-refractivity contribution in [2.45, 2.75) is 54.4 Å². The first kappa shape index (κ1) is 24.0.